The summed E-state index contributed by atoms with van der Waals surface area (Å²) in [7, 11) is 3.60. The highest BCUT2D eigenvalue weighted by Crippen LogP contribution is 2.29. The zero-order chi connectivity index (χ0) is 14.6. The first-order valence-corrected chi connectivity index (χ1v) is 6.36. The van der Waals surface area contributed by atoms with Gasteiger partial charge in [-0.2, -0.15) is 0 Å². The highest BCUT2D eigenvalue weighted by Gasteiger charge is 2.30. The van der Waals surface area contributed by atoms with Crippen molar-refractivity contribution >= 4 is 5.97 Å². The summed E-state index contributed by atoms with van der Waals surface area (Å²) in [5.74, 6) is 0.0437. The van der Waals surface area contributed by atoms with Gasteiger partial charge in [0, 0.05) is 11.6 Å². The SMILES string of the molecule is COc1ccc(C(C)N(C)C(C)(C)CC(=O)O)cc1. The van der Waals surface area contributed by atoms with Crippen LogP contribution >= 0.6 is 0 Å². The van der Waals surface area contributed by atoms with E-state index in [0.29, 0.717) is 0 Å². The van der Waals surface area contributed by atoms with E-state index in [1.54, 1.807) is 7.11 Å². The van der Waals surface area contributed by atoms with Crippen LogP contribution in [0.5, 0.6) is 5.75 Å². The van der Waals surface area contributed by atoms with Gasteiger partial charge in [0.25, 0.3) is 0 Å². The number of aliphatic carboxylic acids is 1. The lowest BCUT2D eigenvalue weighted by Gasteiger charge is -2.39. The van der Waals surface area contributed by atoms with Gasteiger partial charge in [0.1, 0.15) is 5.75 Å². The van der Waals surface area contributed by atoms with Crippen molar-refractivity contribution in [2.75, 3.05) is 14.2 Å². The van der Waals surface area contributed by atoms with Gasteiger partial charge in [0.05, 0.1) is 13.5 Å². The maximum absolute atomic E-state index is 10.9. The zero-order valence-corrected chi connectivity index (χ0v) is 12.3. The number of carboxylic acids is 1. The molecule has 0 aliphatic heterocycles. The van der Waals surface area contributed by atoms with Crippen molar-refractivity contribution in [3.63, 3.8) is 0 Å². The lowest BCUT2D eigenvalue weighted by atomic mass is 9.95. The Labute approximate surface area is 115 Å². The van der Waals surface area contributed by atoms with E-state index in [1.165, 1.54) is 0 Å². The van der Waals surface area contributed by atoms with E-state index in [1.807, 2.05) is 45.2 Å². The molecule has 1 aromatic rings. The van der Waals surface area contributed by atoms with Gasteiger partial charge in [-0.1, -0.05) is 12.1 Å². The monoisotopic (exact) mass is 265 g/mol. The van der Waals surface area contributed by atoms with Gasteiger partial charge < -0.3 is 9.84 Å². The quantitative estimate of drug-likeness (QED) is 0.859. The summed E-state index contributed by atoms with van der Waals surface area (Å²) in [5.41, 5.74) is 0.743. The average molecular weight is 265 g/mol. The van der Waals surface area contributed by atoms with Crippen LogP contribution < -0.4 is 4.74 Å². The Bertz CT molecular complexity index is 426. The second-order valence-electron chi connectivity index (χ2n) is 5.44. The van der Waals surface area contributed by atoms with Gasteiger partial charge in [-0.05, 0) is 45.5 Å². The third-order valence-electron chi connectivity index (χ3n) is 3.72. The molecule has 0 fully saturated rings. The molecule has 4 heteroatoms. The van der Waals surface area contributed by atoms with Gasteiger partial charge in [0.2, 0.25) is 0 Å². The third-order valence-corrected chi connectivity index (χ3v) is 3.72. The molecule has 1 aromatic carbocycles. The Hall–Kier alpha value is -1.55. The number of methoxy groups -OCH3 is 1. The average Bonchev–Trinajstić information content (AvgIpc) is 2.35. The normalized spacial score (nSPS) is 13.4. The van der Waals surface area contributed by atoms with Crippen LogP contribution in [0, 0.1) is 0 Å². The Morgan fingerprint density at radius 2 is 1.89 bits per heavy atom. The van der Waals surface area contributed by atoms with Crippen molar-refractivity contribution < 1.29 is 14.6 Å². The van der Waals surface area contributed by atoms with Crippen LogP contribution in [0.1, 0.15) is 38.8 Å². The van der Waals surface area contributed by atoms with E-state index in [0.717, 1.165) is 11.3 Å². The molecule has 0 aromatic heterocycles. The van der Waals surface area contributed by atoms with E-state index in [9.17, 15) is 4.79 Å². The summed E-state index contributed by atoms with van der Waals surface area (Å²) in [6.07, 6.45) is 0.115. The highest BCUT2D eigenvalue weighted by atomic mass is 16.5. The number of ether oxygens (including phenoxy) is 1. The van der Waals surface area contributed by atoms with Crippen LogP contribution in [0.3, 0.4) is 0 Å². The molecule has 0 aliphatic rings. The summed E-state index contributed by atoms with van der Waals surface area (Å²) < 4.78 is 5.14. The standard InChI is InChI=1S/C15H23NO3/c1-11(12-6-8-13(19-5)9-7-12)16(4)15(2,3)10-14(17)18/h6-9,11H,10H2,1-5H3,(H,17,18). The molecule has 0 aliphatic carbocycles. The number of benzene rings is 1. The molecule has 1 N–H and O–H groups in total. The molecule has 0 bridgehead atoms. The predicted octanol–water partition coefficient (Wildman–Crippen LogP) is 2.94. The number of carboxylic acid groups (broad SMARTS) is 1. The van der Waals surface area contributed by atoms with E-state index in [4.69, 9.17) is 9.84 Å². The molecule has 1 unspecified atom stereocenters. The van der Waals surface area contributed by atoms with Crippen molar-refractivity contribution in [3.8, 4) is 5.75 Å². The predicted molar refractivity (Wildman–Crippen MR) is 75.5 cm³/mol. The number of carbonyl (C=O) groups is 1. The fraction of sp³-hybridized carbons (Fsp3) is 0.533. The second-order valence-corrected chi connectivity index (χ2v) is 5.44. The molecule has 0 saturated heterocycles. The van der Waals surface area contributed by atoms with Gasteiger partial charge in [-0.25, -0.2) is 0 Å². The van der Waals surface area contributed by atoms with E-state index >= 15 is 0 Å². The maximum atomic E-state index is 10.9. The largest absolute Gasteiger partial charge is 0.497 e. The second kappa shape index (κ2) is 6.06. The third kappa shape index (κ3) is 3.96. The summed E-state index contributed by atoms with van der Waals surface area (Å²) in [5, 5.41) is 8.98. The molecule has 106 valence electrons. The molecule has 0 amide bonds. The van der Waals surface area contributed by atoms with E-state index < -0.39 is 11.5 Å². The molecule has 0 spiro atoms. The molecule has 0 heterocycles. The van der Waals surface area contributed by atoms with Gasteiger partial charge in [-0.15, -0.1) is 0 Å². The summed E-state index contributed by atoms with van der Waals surface area (Å²) >= 11 is 0. The summed E-state index contributed by atoms with van der Waals surface area (Å²) in [6.45, 7) is 5.97. The van der Waals surface area contributed by atoms with Crippen LogP contribution in [0.2, 0.25) is 0 Å². The Morgan fingerprint density at radius 1 is 1.37 bits per heavy atom. The minimum atomic E-state index is -0.779. The van der Waals surface area contributed by atoms with Gasteiger partial charge >= 0.3 is 5.97 Å². The summed E-state index contributed by atoms with van der Waals surface area (Å²) in [4.78, 5) is 13.0. The zero-order valence-electron chi connectivity index (χ0n) is 12.3. The van der Waals surface area contributed by atoms with Crippen molar-refractivity contribution in [3.05, 3.63) is 29.8 Å². The summed E-state index contributed by atoms with van der Waals surface area (Å²) in [6, 6.07) is 8.00. The number of rotatable bonds is 6. The lowest BCUT2D eigenvalue weighted by molar-refractivity contribution is -0.140. The highest BCUT2D eigenvalue weighted by molar-refractivity contribution is 5.68. The van der Waals surface area contributed by atoms with Crippen LogP contribution in [-0.4, -0.2) is 35.7 Å². The minimum Gasteiger partial charge on any atom is -0.497 e. The van der Waals surface area contributed by atoms with E-state index in [2.05, 4.69) is 11.8 Å². The van der Waals surface area contributed by atoms with Crippen molar-refractivity contribution in [2.45, 2.75) is 38.8 Å². The first kappa shape index (κ1) is 15.5. The molecule has 1 rings (SSSR count). The van der Waals surface area contributed by atoms with Gasteiger partial charge in [-0.3, -0.25) is 9.69 Å². The minimum absolute atomic E-state index is 0.115. The van der Waals surface area contributed by atoms with Crippen LogP contribution in [0.25, 0.3) is 0 Å². The molecule has 4 nitrogen and oxygen atoms in total. The number of nitrogens with zero attached hydrogens (tertiary/aromatic N) is 1. The van der Waals surface area contributed by atoms with Gasteiger partial charge in [0.15, 0.2) is 0 Å². The van der Waals surface area contributed by atoms with E-state index in [-0.39, 0.29) is 12.5 Å². The lowest BCUT2D eigenvalue weighted by Crippen LogP contribution is -2.44. The first-order valence-electron chi connectivity index (χ1n) is 6.36. The van der Waals surface area contributed by atoms with Crippen LogP contribution in [0.4, 0.5) is 0 Å². The molecule has 19 heavy (non-hydrogen) atoms. The Kier molecular flexibility index (Phi) is 4.95. The first-order chi connectivity index (χ1) is 8.77. The molecular weight excluding hydrogens is 242 g/mol. The van der Waals surface area contributed by atoms with Crippen LogP contribution in [0.15, 0.2) is 24.3 Å². The topological polar surface area (TPSA) is 49.8 Å². The molecule has 1 atom stereocenters. The number of hydrogen-bond donors (Lipinski definition) is 1. The Morgan fingerprint density at radius 3 is 2.32 bits per heavy atom. The fourth-order valence-electron chi connectivity index (χ4n) is 2.13. The smallest absolute Gasteiger partial charge is 0.305 e. The van der Waals surface area contributed by atoms with Crippen molar-refractivity contribution in [1.82, 2.24) is 4.90 Å². The molecular formula is C15H23NO3. The van der Waals surface area contributed by atoms with Crippen LogP contribution in [-0.2, 0) is 4.79 Å². The fourth-order valence-corrected chi connectivity index (χ4v) is 2.13. The maximum Gasteiger partial charge on any atom is 0.305 e. The molecule has 0 saturated carbocycles. The number of hydrogen-bond acceptors (Lipinski definition) is 3. The van der Waals surface area contributed by atoms with Crippen molar-refractivity contribution in [1.29, 1.82) is 0 Å². The van der Waals surface area contributed by atoms with Crippen molar-refractivity contribution in [2.24, 2.45) is 0 Å². The molecule has 0 radical (unpaired) electrons. The Balaban J connectivity index is 2.85.